The molecule has 3 heterocycles. The van der Waals surface area contributed by atoms with E-state index >= 15 is 0 Å². The van der Waals surface area contributed by atoms with Gasteiger partial charge in [0.2, 0.25) is 0 Å². The number of hydrogen-bond donors (Lipinski definition) is 1. The Morgan fingerprint density at radius 1 is 1.21 bits per heavy atom. The van der Waals surface area contributed by atoms with Crippen LogP contribution in [0, 0.1) is 23.7 Å². The summed E-state index contributed by atoms with van der Waals surface area (Å²) in [5, 5.41) is 8.13. The first-order valence-corrected chi connectivity index (χ1v) is 15.1. The molecular formula is C30H35N5O3S. The van der Waals surface area contributed by atoms with Crippen molar-refractivity contribution in [3.8, 4) is 11.8 Å². The molecule has 2 atom stereocenters. The second-order valence-corrected chi connectivity index (χ2v) is 12.1. The number of aliphatic imine (C=N–C) groups is 1. The summed E-state index contributed by atoms with van der Waals surface area (Å²) >= 11 is 0. The summed E-state index contributed by atoms with van der Waals surface area (Å²) in [4.78, 5) is 7.13. The minimum absolute atomic E-state index is 0.0125. The van der Waals surface area contributed by atoms with Crippen LogP contribution in [0.3, 0.4) is 0 Å². The molecule has 39 heavy (non-hydrogen) atoms. The molecule has 0 amide bonds. The van der Waals surface area contributed by atoms with Gasteiger partial charge in [-0.25, -0.2) is 4.99 Å². The highest BCUT2D eigenvalue weighted by molar-refractivity contribution is 7.85. The van der Waals surface area contributed by atoms with Crippen molar-refractivity contribution < 1.29 is 12.6 Å². The van der Waals surface area contributed by atoms with E-state index in [1.165, 1.54) is 33.6 Å². The van der Waals surface area contributed by atoms with Gasteiger partial charge in [0.15, 0.2) is 11.7 Å². The fraction of sp³-hybridized carbons (Fsp3) is 0.400. The Kier molecular flexibility index (Phi) is 7.52. The lowest BCUT2D eigenvalue weighted by Gasteiger charge is -2.35. The van der Waals surface area contributed by atoms with E-state index in [4.69, 9.17) is 9.18 Å². The molecule has 1 aromatic carbocycles. The predicted octanol–water partition coefficient (Wildman–Crippen LogP) is 4.49. The van der Waals surface area contributed by atoms with Crippen molar-refractivity contribution in [1.29, 1.82) is 0 Å². The van der Waals surface area contributed by atoms with E-state index in [0.717, 1.165) is 31.3 Å². The van der Waals surface area contributed by atoms with Crippen molar-refractivity contribution in [2.24, 2.45) is 16.8 Å². The van der Waals surface area contributed by atoms with Crippen LogP contribution in [0.15, 0.2) is 75.6 Å². The monoisotopic (exact) mass is 545 g/mol. The lowest BCUT2D eigenvalue weighted by atomic mass is 9.74. The van der Waals surface area contributed by atoms with Crippen LogP contribution in [0.4, 0.5) is 5.82 Å². The maximum Gasteiger partial charge on any atom is 0.264 e. The fourth-order valence-corrected chi connectivity index (χ4v) is 6.01. The summed E-state index contributed by atoms with van der Waals surface area (Å²) in [5.41, 5.74) is 8.87. The zero-order valence-electron chi connectivity index (χ0n) is 23.2. The lowest BCUT2D eigenvalue weighted by molar-refractivity contribution is 0.297. The van der Waals surface area contributed by atoms with Crippen LogP contribution in [0.1, 0.15) is 39.2 Å². The summed E-state index contributed by atoms with van der Waals surface area (Å²) in [6, 6.07) is 12.4. The molecule has 3 aliphatic rings. The molecule has 8 nitrogen and oxygen atoms in total. The van der Waals surface area contributed by atoms with Crippen molar-refractivity contribution in [1.82, 2.24) is 20.0 Å². The number of hydrogen-bond acceptors (Lipinski definition) is 6. The van der Waals surface area contributed by atoms with Crippen molar-refractivity contribution in [3.63, 3.8) is 0 Å². The van der Waals surface area contributed by atoms with Gasteiger partial charge >= 0.3 is 0 Å². The Hall–Kier alpha value is -3.61. The highest BCUT2D eigenvalue weighted by Crippen LogP contribution is 2.46. The molecule has 0 saturated heterocycles. The first kappa shape index (κ1) is 27.0. The van der Waals surface area contributed by atoms with Crippen LogP contribution in [0.2, 0.25) is 0 Å². The van der Waals surface area contributed by atoms with Gasteiger partial charge in [-0.05, 0) is 55.2 Å². The second-order valence-electron chi connectivity index (χ2n) is 10.5. The molecule has 1 N–H and O–H groups in total. The van der Waals surface area contributed by atoms with E-state index in [1.807, 2.05) is 0 Å². The van der Waals surface area contributed by atoms with Gasteiger partial charge < -0.3 is 10.2 Å². The average molecular weight is 546 g/mol. The Morgan fingerprint density at radius 3 is 2.72 bits per heavy atom. The molecule has 204 valence electrons. The fourth-order valence-electron chi connectivity index (χ4n) is 5.63. The summed E-state index contributed by atoms with van der Waals surface area (Å²) in [6.07, 6.45) is 4.80. The molecule has 9 heteroatoms. The second kappa shape index (κ2) is 10.9. The van der Waals surface area contributed by atoms with E-state index in [-0.39, 0.29) is 12.5 Å². The van der Waals surface area contributed by atoms with E-state index in [1.54, 1.807) is 16.9 Å². The van der Waals surface area contributed by atoms with Gasteiger partial charge in [-0.15, -0.1) is 0 Å². The third-order valence-corrected chi connectivity index (χ3v) is 8.07. The molecule has 1 unspecified atom stereocenters. The number of nitrogens with one attached hydrogen (secondary N) is 1. The molecule has 0 bridgehead atoms. The Labute approximate surface area is 231 Å². The zero-order valence-corrected chi connectivity index (χ0v) is 24.0. The molecule has 0 saturated carbocycles. The Balaban J connectivity index is 1.57. The van der Waals surface area contributed by atoms with Gasteiger partial charge in [0.05, 0.1) is 30.8 Å². The minimum Gasteiger partial charge on any atom is -0.373 e. The first-order valence-electron chi connectivity index (χ1n) is 13.3. The maximum atomic E-state index is 11.3. The SMILES string of the molecule is CC1=C2C[C@@H](C)C3=C(NC(=Nc4ccn(CCOS(C)(=O)=O)n4)C#CC3C)C2=C(c2ccccc2)N(C)CC1. The Morgan fingerprint density at radius 2 is 1.97 bits per heavy atom. The maximum absolute atomic E-state index is 11.3. The smallest absolute Gasteiger partial charge is 0.264 e. The van der Waals surface area contributed by atoms with Crippen molar-refractivity contribution >= 4 is 27.5 Å². The van der Waals surface area contributed by atoms with Gasteiger partial charge in [-0.3, -0.25) is 8.86 Å². The topological polar surface area (TPSA) is 88.8 Å². The van der Waals surface area contributed by atoms with Crippen LogP contribution in [-0.2, 0) is 20.8 Å². The van der Waals surface area contributed by atoms with Crippen LogP contribution in [0.25, 0.3) is 5.70 Å². The van der Waals surface area contributed by atoms with E-state index in [2.05, 4.69) is 85.3 Å². The summed E-state index contributed by atoms with van der Waals surface area (Å²) in [7, 11) is -1.32. The molecule has 1 aromatic heterocycles. The molecule has 5 rings (SSSR count). The van der Waals surface area contributed by atoms with Gasteiger partial charge in [-0.1, -0.05) is 48.7 Å². The third-order valence-electron chi connectivity index (χ3n) is 7.47. The zero-order chi connectivity index (χ0) is 27.7. The molecule has 0 spiro atoms. The number of benzene rings is 1. The van der Waals surface area contributed by atoms with E-state index in [9.17, 15) is 8.42 Å². The van der Waals surface area contributed by atoms with Gasteiger partial charge in [-0.2, -0.15) is 13.5 Å². The average Bonchev–Trinajstić information content (AvgIpc) is 3.20. The molecule has 1 aliphatic carbocycles. The van der Waals surface area contributed by atoms with Gasteiger partial charge in [0.25, 0.3) is 10.1 Å². The quantitative estimate of drug-likeness (QED) is 0.425. The van der Waals surface area contributed by atoms with Crippen LogP contribution >= 0.6 is 0 Å². The highest BCUT2D eigenvalue weighted by Gasteiger charge is 2.36. The number of aromatic nitrogens is 2. The summed E-state index contributed by atoms with van der Waals surface area (Å²) in [5.74, 6) is 8.13. The Bertz CT molecular complexity index is 1570. The van der Waals surface area contributed by atoms with Gasteiger partial charge in [0, 0.05) is 37.3 Å². The number of fused-ring (bicyclic) bond motifs is 2. The standard InChI is InChI=1S/C30H35N5O3S/c1-20-13-15-34(4)30(23-9-7-6-8-10-23)28-24(20)19-22(3)27-21(2)11-12-25(32-29(27)28)31-26-14-16-35(33-26)17-18-38-39(5,36)37/h6-10,14,16,21-22H,13,15,17-19H2,1-5H3,(H,31,32,33)/t21?,22-/m1/s1. The molecule has 2 aliphatic heterocycles. The van der Waals surface area contributed by atoms with Crippen LogP contribution in [-0.4, -0.2) is 55.4 Å². The number of rotatable bonds is 6. The van der Waals surface area contributed by atoms with E-state index in [0.29, 0.717) is 24.1 Å². The summed E-state index contributed by atoms with van der Waals surface area (Å²) < 4.78 is 29.0. The molecule has 2 aromatic rings. The minimum atomic E-state index is -3.49. The lowest BCUT2D eigenvalue weighted by Crippen LogP contribution is -2.31. The van der Waals surface area contributed by atoms with Crippen LogP contribution < -0.4 is 5.32 Å². The third kappa shape index (κ3) is 5.87. The normalized spacial score (nSPS) is 22.6. The number of allylic oxidation sites excluding steroid dienone is 2. The molecule has 0 radical (unpaired) electrons. The van der Waals surface area contributed by atoms with Crippen molar-refractivity contribution in [2.75, 3.05) is 26.5 Å². The van der Waals surface area contributed by atoms with Crippen molar-refractivity contribution in [3.05, 3.63) is 76.1 Å². The van der Waals surface area contributed by atoms with Crippen molar-refractivity contribution in [2.45, 2.75) is 40.2 Å². The number of nitrogens with zero attached hydrogens (tertiary/aromatic N) is 4. The largest absolute Gasteiger partial charge is 0.373 e. The van der Waals surface area contributed by atoms with Crippen LogP contribution in [0.5, 0.6) is 0 Å². The summed E-state index contributed by atoms with van der Waals surface area (Å²) in [6.45, 7) is 8.00. The molecule has 0 fully saturated rings. The molecular weight excluding hydrogens is 510 g/mol. The van der Waals surface area contributed by atoms with Gasteiger partial charge in [0.1, 0.15) is 0 Å². The van der Waals surface area contributed by atoms with E-state index < -0.39 is 10.1 Å². The number of amidine groups is 1. The predicted molar refractivity (Wildman–Crippen MR) is 154 cm³/mol. The first-order chi connectivity index (χ1) is 18.6. The highest BCUT2D eigenvalue weighted by atomic mass is 32.2.